The summed E-state index contributed by atoms with van der Waals surface area (Å²) in [4.78, 5) is 0. The Balaban J connectivity index is 2.38. The summed E-state index contributed by atoms with van der Waals surface area (Å²) in [6.07, 6.45) is 6.50. The first kappa shape index (κ1) is 14.2. The molecule has 0 aromatic carbocycles. The highest BCUT2D eigenvalue weighted by molar-refractivity contribution is 5.10. The Hall–Kier alpha value is -0.830. The summed E-state index contributed by atoms with van der Waals surface area (Å²) >= 11 is 0. The standard InChI is InChI=1S/C14H27N3/c1-6-9-17-11-13(10-16-17)12(2)7-8-15-14(3,4)5/h10-12,15H,6-9H2,1-5H3. The largest absolute Gasteiger partial charge is 0.312 e. The minimum Gasteiger partial charge on any atom is -0.312 e. The highest BCUT2D eigenvalue weighted by Crippen LogP contribution is 2.18. The van der Waals surface area contributed by atoms with E-state index in [0.29, 0.717) is 5.92 Å². The van der Waals surface area contributed by atoms with Crippen LogP contribution in [0.25, 0.3) is 0 Å². The Morgan fingerprint density at radius 3 is 2.71 bits per heavy atom. The van der Waals surface area contributed by atoms with Gasteiger partial charge in [0.2, 0.25) is 0 Å². The normalized spacial score (nSPS) is 13.9. The van der Waals surface area contributed by atoms with Gasteiger partial charge in [0.1, 0.15) is 0 Å². The van der Waals surface area contributed by atoms with Gasteiger partial charge in [0.05, 0.1) is 6.20 Å². The molecule has 0 radical (unpaired) electrons. The molecule has 98 valence electrons. The Bertz CT molecular complexity index is 322. The van der Waals surface area contributed by atoms with Crippen molar-refractivity contribution in [3.05, 3.63) is 18.0 Å². The van der Waals surface area contributed by atoms with Gasteiger partial charge in [-0.3, -0.25) is 4.68 Å². The molecule has 0 bridgehead atoms. The number of rotatable bonds is 6. The molecule has 1 unspecified atom stereocenters. The smallest absolute Gasteiger partial charge is 0.0524 e. The van der Waals surface area contributed by atoms with Gasteiger partial charge >= 0.3 is 0 Å². The topological polar surface area (TPSA) is 29.9 Å². The molecule has 0 spiro atoms. The lowest BCUT2D eigenvalue weighted by atomic mass is 10.0. The van der Waals surface area contributed by atoms with E-state index in [1.165, 1.54) is 5.56 Å². The van der Waals surface area contributed by atoms with Crippen molar-refractivity contribution in [1.82, 2.24) is 15.1 Å². The third-order valence-electron chi connectivity index (χ3n) is 2.91. The van der Waals surface area contributed by atoms with Gasteiger partial charge in [0, 0.05) is 18.3 Å². The van der Waals surface area contributed by atoms with Crippen LogP contribution in [0.15, 0.2) is 12.4 Å². The van der Waals surface area contributed by atoms with Crippen LogP contribution in [-0.4, -0.2) is 21.9 Å². The first-order chi connectivity index (χ1) is 7.92. The molecule has 1 N–H and O–H groups in total. The Labute approximate surface area is 106 Å². The molecule has 1 atom stereocenters. The van der Waals surface area contributed by atoms with Crippen molar-refractivity contribution in [2.45, 2.75) is 65.5 Å². The number of aryl methyl sites for hydroxylation is 1. The van der Waals surface area contributed by atoms with E-state index in [4.69, 9.17) is 0 Å². The molecule has 3 heteroatoms. The summed E-state index contributed by atoms with van der Waals surface area (Å²) in [5.74, 6) is 0.579. The second-order valence-corrected chi connectivity index (χ2v) is 5.90. The van der Waals surface area contributed by atoms with Gasteiger partial charge in [0.25, 0.3) is 0 Å². The van der Waals surface area contributed by atoms with Crippen LogP contribution in [0.2, 0.25) is 0 Å². The second-order valence-electron chi connectivity index (χ2n) is 5.90. The van der Waals surface area contributed by atoms with Crippen LogP contribution in [-0.2, 0) is 6.54 Å². The average Bonchev–Trinajstić information content (AvgIpc) is 2.65. The van der Waals surface area contributed by atoms with E-state index in [1.54, 1.807) is 0 Å². The van der Waals surface area contributed by atoms with Crippen molar-refractivity contribution < 1.29 is 0 Å². The van der Waals surface area contributed by atoms with Gasteiger partial charge in [-0.05, 0) is 51.6 Å². The van der Waals surface area contributed by atoms with Crippen LogP contribution in [0.5, 0.6) is 0 Å². The number of aromatic nitrogens is 2. The molecular formula is C14H27N3. The summed E-state index contributed by atoms with van der Waals surface area (Å²) in [6, 6.07) is 0. The molecule has 0 amide bonds. The highest BCUT2D eigenvalue weighted by atomic mass is 15.3. The average molecular weight is 237 g/mol. The zero-order chi connectivity index (χ0) is 12.9. The number of nitrogens with zero attached hydrogens (tertiary/aromatic N) is 2. The van der Waals surface area contributed by atoms with Crippen molar-refractivity contribution in [1.29, 1.82) is 0 Å². The molecule has 0 saturated heterocycles. The molecule has 1 heterocycles. The lowest BCUT2D eigenvalue weighted by molar-refractivity contribution is 0.413. The van der Waals surface area contributed by atoms with E-state index in [1.807, 2.05) is 10.9 Å². The molecule has 1 aromatic heterocycles. The van der Waals surface area contributed by atoms with E-state index >= 15 is 0 Å². The SMILES string of the molecule is CCCn1cc(C(C)CCNC(C)(C)C)cn1. The minimum atomic E-state index is 0.214. The predicted octanol–water partition coefficient (Wildman–Crippen LogP) is 3.17. The molecule has 1 aromatic rings. The second kappa shape index (κ2) is 6.20. The van der Waals surface area contributed by atoms with Gasteiger partial charge in [-0.15, -0.1) is 0 Å². The fraction of sp³-hybridized carbons (Fsp3) is 0.786. The number of hydrogen-bond donors (Lipinski definition) is 1. The molecule has 17 heavy (non-hydrogen) atoms. The summed E-state index contributed by atoms with van der Waals surface area (Å²) in [5, 5.41) is 7.91. The molecule has 3 nitrogen and oxygen atoms in total. The molecule has 0 aliphatic heterocycles. The van der Waals surface area contributed by atoms with E-state index in [9.17, 15) is 0 Å². The third kappa shape index (κ3) is 5.35. The summed E-state index contributed by atoms with van der Waals surface area (Å²) in [6.45, 7) is 13.1. The lowest BCUT2D eigenvalue weighted by Gasteiger charge is -2.21. The van der Waals surface area contributed by atoms with Gasteiger partial charge < -0.3 is 5.32 Å². The van der Waals surface area contributed by atoms with Crippen molar-refractivity contribution in [2.24, 2.45) is 0 Å². The first-order valence-corrected chi connectivity index (χ1v) is 6.69. The molecule has 0 fully saturated rings. The van der Waals surface area contributed by atoms with Gasteiger partial charge in [-0.2, -0.15) is 5.10 Å². The van der Waals surface area contributed by atoms with Crippen LogP contribution in [0.1, 0.15) is 58.9 Å². The fourth-order valence-corrected chi connectivity index (χ4v) is 1.82. The first-order valence-electron chi connectivity index (χ1n) is 6.69. The van der Waals surface area contributed by atoms with Crippen LogP contribution < -0.4 is 5.32 Å². The van der Waals surface area contributed by atoms with Crippen LogP contribution in [0.3, 0.4) is 0 Å². The summed E-state index contributed by atoms with van der Waals surface area (Å²) in [5.41, 5.74) is 1.57. The molecule has 0 aliphatic rings. The van der Waals surface area contributed by atoms with Crippen LogP contribution >= 0.6 is 0 Å². The Morgan fingerprint density at radius 2 is 2.12 bits per heavy atom. The van der Waals surface area contributed by atoms with E-state index < -0.39 is 0 Å². The van der Waals surface area contributed by atoms with Gasteiger partial charge in [-0.25, -0.2) is 0 Å². The maximum absolute atomic E-state index is 4.38. The molecule has 1 rings (SSSR count). The maximum Gasteiger partial charge on any atom is 0.0524 e. The highest BCUT2D eigenvalue weighted by Gasteiger charge is 2.11. The van der Waals surface area contributed by atoms with Crippen molar-refractivity contribution in [3.63, 3.8) is 0 Å². The molecule has 0 saturated carbocycles. The number of hydrogen-bond acceptors (Lipinski definition) is 2. The Kier molecular flexibility index (Phi) is 5.19. The Morgan fingerprint density at radius 1 is 1.41 bits per heavy atom. The molecule has 0 aliphatic carbocycles. The van der Waals surface area contributed by atoms with Crippen molar-refractivity contribution in [3.8, 4) is 0 Å². The van der Waals surface area contributed by atoms with E-state index in [0.717, 1.165) is 25.9 Å². The monoisotopic (exact) mass is 237 g/mol. The maximum atomic E-state index is 4.38. The quantitative estimate of drug-likeness (QED) is 0.823. The van der Waals surface area contributed by atoms with E-state index in [2.05, 4.69) is 51.2 Å². The fourth-order valence-electron chi connectivity index (χ4n) is 1.82. The lowest BCUT2D eigenvalue weighted by Crippen LogP contribution is -2.36. The van der Waals surface area contributed by atoms with E-state index in [-0.39, 0.29) is 5.54 Å². The zero-order valence-corrected chi connectivity index (χ0v) is 12.0. The van der Waals surface area contributed by atoms with Crippen molar-refractivity contribution in [2.75, 3.05) is 6.54 Å². The predicted molar refractivity (Wildman–Crippen MR) is 73.3 cm³/mol. The zero-order valence-electron chi connectivity index (χ0n) is 12.0. The number of nitrogens with one attached hydrogen (secondary N) is 1. The van der Waals surface area contributed by atoms with Gasteiger partial charge in [-0.1, -0.05) is 13.8 Å². The third-order valence-corrected chi connectivity index (χ3v) is 2.91. The van der Waals surface area contributed by atoms with Crippen molar-refractivity contribution >= 4 is 0 Å². The summed E-state index contributed by atoms with van der Waals surface area (Å²) < 4.78 is 2.04. The van der Waals surface area contributed by atoms with Crippen LogP contribution in [0.4, 0.5) is 0 Å². The minimum absolute atomic E-state index is 0.214. The molecular weight excluding hydrogens is 210 g/mol. The van der Waals surface area contributed by atoms with Gasteiger partial charge in [0.15, 0.2) is 0 Å². The summed E-state index contributed by atoms with van der Waals surface area (Å²) in [7, 11) is 0. The van der Waals surface area contributed by atoms with Crippen LogP contribution in [0, 0.1) is 0 Å².